The molecule has 0 saturated carbocycles. The Morgan fingerprint density at radius 3 is 2.61 bits per heavy atom. The third-order valence-electron chi connectivity index (χ3n) is 8.86. The summed E-state index contributed by atoms with van der Waals surface area (Å²) in [4.78, 5) is 29.0. The van der Waals surface area contributed by atoms with E-state index in [1.54, 1.807) is 21.0 Å². The van der Waals surface area contributed by atoms with E-state index >= 15 is 0 Å². The van der Waals surface area contributed by atoms with Crippen LogP contribution < -0.4 is 9.47 Å². The number of hydrogen-bond donors (Lipinski definition) is 2. The Morgan fingerprint density at radius 1 is 1.15 bits per heavy atom. The van der Waals surface area contributed by atoms with Gasteiger partial charge < -0.3 is 33.9 Å². The number of ether oxygens (including phenoxy) is 5. The zero-order chi connectivity index (χ0) is 29.4. The van der Waals surface area contributed by atoms with E-state index in [9.17, 15) is 19.8 Å². The van der Waals surface area contributed by atoms with Gasteiger partial charge in [-0.25, -0.2) is 4.79 Å². The van der Waals surface area contributed by atoms with Gasteiger partial charge in [-0.3, -0.25) is 9.69 Å². The maximum atomic E-state index is 13.9. The smallest absolute Gasteiger partial charge is 0.339 e. The summed E-state index contributed by atoms with van der Waals surface area (Å²) in [5.41, 5.74) is -1.42. The highest BCUT2D eigenvalue weighted by Crippen LogP contribution is 2.55. The van der Waals surface area contributed by atoms with Crippen LogP contribution in [0.3, 0.4) is 0 Å². The highest BCUT2D eigenvalue weighted by Gasteiger charge is 2.59. The van der Waals surface area contributed by atoms with Crippen LogP contribution in [-0.2, 0) is 30.2 Å². The molecule has 0 amide bonds. The predicted octanol–water partition coefficient (Wildman–Crippen LogP) is 3.36. The summed E-state index contributed by atoms with van der Waals surface area (Å²) in [6, 6.07) is 4.02. The molecule has 0 radical (unpaired) electrons. The van der Waals surface area contributed by atoms with Crippen LogP contribution in [0.2, 0.25) is 0 Å². The molecular formula is C31H43NO9. The average Bonchev–Trinajstić information content (AvgIpc) is 3.60. The van der Waals surface area contributed by atoms with Crippen LogP contribution in [0.25, 0.3) is 0 Å². The van der Waals surface area contributed by atoms with E-state index in [4.69, 9.17) is 23.7 Å². The first-order valence-corrected chi connectivity index (χ1v) is 14.8. The molecule has 0 bridgehead atoms. The molecule has 1 aromatic carbocycles. The van der Waals surface area contributed by atoms with Gasteiger partial charge in [0.15, 0.2) is 23.2 Å². The minimum atomic E-state index is -2.12. The molecule has 0 aromatic heterocycles. The molecule has 1 saturated heterocycles. The van der Waals surface area contributed by atoms with Crippen LogP contribution in [0.15, 0.2) is 24.0 Å². The maximum absolute atomic E-state index is 13.9. The van der Waals surface area contributed by atoms with Crippen LogP contribution in [0, 0.1) is 0 Å². The van der Waals surface area contributed by atoms with Crippen molar-refractivity contribution in [3.63, 3.8) is 0 Å². The molecule has 1 fully saturated rings. The summed E-state index contributed by atoms with van der Waals surface area (Å²) in [7, 11) is 1.56. The zero-order valence-electron chi connectivity index (χ0n) is 24.6. The van der Waals surface area contributed by atoms with E-state index in [1.165, 1.54) is 0 Å². The Morgan fingerprint density at radius 2 is 1.90 bits per heavy atom. The number of hydrogen-bond acceptors (Lipinski definition) is 10. The van der Waals surface area contributed by atoms with E-state index in [2.05, 4.69) is 11.0 Å². The molecular weight excluding hydrogens is 530 g/mol. The van der Waals surface area contributed by atoms with Crippen LogP contribution in [0.4, 0.5) is 0 Å². The average molecular weight is 574 g/mol. The highest BCUT2D eigenvalue weighted by atomic mass is 16.7. The van der Waals surface area contributed by atoms with Gasteiger partial charge in [0.05, 0.1) is 37.2 Å². The van der Waals surface area contributed by atoms with Crippen molar-refractivity contribution in [2.75, 3.05) is 33.6 Å². The van der Waals surface area contributed by atoms with Crippen LogP contribution in [0.5, 0.6) is 11.5 Å². The fourth-order valence-electron chi connectivity index (χ4n) is 6.90. The number of fused-ring (bicyclic) bond motifs is 3. The van der Waals surface area contributed by atoms with E-state index in [-0.39, 0.29) is 25.7 Å². The molecule has 2 N–H and O–H groups in total. The largest absolute Gasteiger partial charge is 0.497 e. The molecule has 41 heavy (non-hydrogen) atoms. The zero-order valence-corrected chi connectivity index (χ0v) is 24.6. The molecule has 10 nitrogen and oxygen atoms in total. The van der Waals surface area contributed by atoms with Gasteiger partial charge in [0.1, 0.15) is 5.76 Å². The lowest BCUT2D eigenvalue weighted by Crippen LogP contribution is -2.49. The third-order valence-corrected chi connectivity index (χ3v) is 8.86. The van der Waals surface area contributed by atoms with Gasteiger partial charge >= 0.3 is 11.9 Å². The van der Waals surface area contributed by atoms with Crippen molar-refractivity contribution in [3.8, 4) is 11.5 Å². The van der Waals surface area contributed by atoms with Crippen molar-refractivity contribution in [2.45, 2.75) is 101 Å². The summed E-state index contributed by atoms with van der Waals surface area (Å²) in [6.45, 7) is 7.30. The fourth-order valence-corrected chi connectivity index (χ4v) is 6.90. The second-order valence-corrected chi connectivity index (χ2v) is 12.4. The highest BCUT2D eigenvalue weighted by molar-refractivity contribution is 5.86. The van der Waals surface area contributed by atoms with Gasteiger partial charge in [0.2, 0.25) is 6.79 Å². The molecule has 5 rings (SSSR count). The predicted molar refractivity (Wildman–Crippen MR) is 148 cm³/mol. The van der Waals surface area contributed by atoms with Crippen molar-refractivity contribution in [1.82, 2.24) is 4.90 Å². The normalized spacial score (nSPS) is 26.2. The van der Waals surface area contributed by atoms with E-state index in [0.717, 1.165) is 43.5 Å². The number of methoxy groups -OCH3 is 1. The minimum absolute atomic E-state index is 0.0625. The van der Waals surface area contributed by atoms with Gasteiger partial charge in [0, 0.05) is 6.54 Å². The standard InChI is InChI=1S/C31H43NO9/c1-5-14-38-25(33)18-31(36,11-6-9-29(2,3)35)28(34)41-27-24(37-4)17-30-10-7-12-32(30)13-8-20-15-22-23(40-19-39-22)16-21(20)26(27)30/h15-17,26-27,35-36H,5-14,18-19H2,1-4H3/t26-,27?,30+,31-/m1/s1. The van der Waals surface area contributed by atoms with Crippen molar-refractivity contribution in [2.24, 2.45) is 0 Å². The molecule has 226 valence electrons. The second-order valence-electron chi connectivity index (χ2n) is 12.4. The lowest BCUT2D eigenvalue weighted by Gasteiger charge is -2.39. The van der Waals surface area contributed by atoms with E-state index in [0.29, 0.717) is 36.5 Å². The molecule has 4 aliphatic rings. The number of aliphatic hydroxyl groups is 2. The van der Waals surface area contributed by atoms with E-state index < -0.39 is 41.2 Å². The van der Waals surface area contributed by atoms with Gasteiger partial charge in [-0.15, -0.1) is 0 Å². The third kappa shape index (κ3) is 5.79. The van der Waals surface area contributed by atoms with Crippen molar-refractivity contribution in [3.05, 3.63) is 35.1 Å². The van der Waals surface area contributed by atoms with Crippen LogP contribution in [0.1, 0.15) is 82.8 Å². The van der Waals surface area contributed by atoms with E-state index in [1.807, 2.05) is 19.1 Å². The SMILES string of the molecule is CCCOC(=O)C[C@](O)(CCCC(C)(C)O)C(=O)OC1C(OC)=C[C@]23CCCN2CCc2cc4c(cc2[C@H]13)OCO4. The molecule has 3 heterocycles. The molecule has 1 unspecified atom stereocenters. The van der Waals surface area contributed by atoms with Gasteiger partial charge in [0.25, 0.3) is 0 Å². The second kappa shape index (κ2) is 11.5. The van der Waals surface area contributed by atoms with Crippen molar-refractivity contribution in [1.29, 1.82) is 0 Å². The first-order valence-electron chi connectivity index (χ1n) is 14.8. The first kappa shape index (κ1) is 29.7. The summed E-state index contributed by atoms with van der Waals surface area (Å²) < 4.78 is 28.7. The summed E-state index contributed by atoms with van der Waals surface area (Å²) in [6.07, 6.45) is 4.60. The first-order chi connectivity index (χ1) is 19.5. The molecule has 1 aliphatic carbocycles. The Labute approximate surface area is 241 Å². The number of nitrogens with zero attached hydrogens (tertiary/aromatic N) is 1. The Kier molecular flexibility index (Phi) is 8.29. The molecule has 1 aromatic rings. The topological polar surface area (TPSA) is 124 Å². The van der Waals surface area contributed by atoms with Crippen molar-refractivity contribution < 1.29 is 43.5 Å². The Hall–Kier alpha value is -2.82. The van der Waals surface area contributed by atoms with Crippen LogP contribution >= 0.6 is 0 Å². The number of rotatable bonds is 11. The summed E-state index contributed by atoms with van der Waals surface area (Å²) in [5.74, 6) is 0.00940. The number of carbonyl (C=O) groups is 2. The number of esters is 2. The molecule has 4 atom stereocenters. The fraction of sp³-hybridized carbons (Fsp3) is 0.677. The molecule has 3 aliphatic heterocycles. The van der Waals surface area contributed by atoms with Crippen molar-refractivity contribution >= 4 is 11.9 Å². The molecule has 1 spiro atoms. The maximum Gasteiger partial charge on any atom is 0.339 e. The summed E-state index contributed by atoms with van der Waals surface area (Å²) >= 11 is 0. The lowest BCUT2D eigenvalue weighted by molar-refractivity contribution is -0.179. The quantitative estimate of drug-likeness (QED) is 0.381. The Balaban J connectivity index is 1.48. The summed E-state index contributed by atoms with van der Waals surface area (Å²) in [5, 5.41) is 21.9. The monoisotopic (exact) mass is 573 g/mol. The molecule has 10 heteroatoms. The number of benzene rings is 1. The number of carbonyl (C=O) groups excluding carboxylic acids is 2. The van der Waals surface area contributed by atoms with Crippen LogP contribution in [-0.4, -0.2) is 83.5 Å². The Bertz CT molecular complexity index is 1190. The van der Waals surface area contributed by atoms with Gasteiger partial charge in [-0.2, -0.15) is 0 Å². The lowest BCUT2D eigenvalue weighted by atomic mass is 9.77. The van der Waals surface area contributed by atoms with Gasteiger partial charge in [-0.05, 0) is 94.7 Å². The van der Waals surface area contributed by atoms with Gasteiger partial charge in [-0.1, -0.05) is 6.92 Å². The minimum Gasteiger partial charge on any atom is -0.497 e.